The van der Waals surface area contributed by atoms with Crippen molar-refractivity contribution >= 4 is 15.7 Å². The van der Waals surface area contributed by atoms with Crippen LogP contribution in [0.15, 0.2) is 53.4 Å². The predicted molar refractivity (Wildman–Crippen MR) is 99.6 cm³/mol. The fourth-order valence-electron chi connectivity index (χ4n) is 3.44. The summed E-state index contributed by atoms with van der Waals surface area (Å²) in [5.41, 5.74) is 1.45. The molecule has 26 heavy (non-hydrogen) atoms. The van der Waals surface area contributed by atoms with Gasteiger partial charge in [-0.25, -0.2) is 8.42 Å². The second-order valence-corrected chi connectivity index (χ2v) is 8.58. The van der Waals surface area contributed by atoms with Crippen molar-refractivity contribution in [3.8, 4) is 0 Å². The largest absolute Gasteiger partial charge is 0.270 e. The summed E-state index contributed by atoms with van der Waals surface area (Å²) in [6, 6.07) is 13.9. The van der Waals surface area contributed by atoms with E-state index in [-0.39, 0.29) is 16.5 Å². The fourth-order valence-corrected chi connectivity index (χ4v) is 5.21. The Morgan fingerprint density at radius 1 is 1.12 bits per heavy atom. The fraction of sp³-hybridized carbons (Fsp3) is 0.368. The number of rotatable bonds is 4. The number of sulfonamides is 1. The lowest BCUT2D eigenvalue weighted by Gasteiger charge is -2.25. The molecule has 1 aliphatic heterocycles. The zero-order valence-corrected chi connectivity index (χ0v) is 15.5. The third kappa shape index (κ3) is 3.78. The molecule has 6 nitrogen and oxygen atoms in total. The standard InChI is InChI=1S/C19H22N2O4S/c1-15-10-11-18(21(22)23)13-19(15)26(24,25)20-12-6-5-9-17(14-20)16-7-3-2-4-8-16/h2-4,7-8,10-11,13,17H,5-6,9,12,14H2,1H3. The molecule has 2 aromatic carbocycles. The lowest BCUT2D eigenvalue weighted by Crippen LogP contribution is -2.34. The van der Waals surface area contributed by atoms with Gasteiger partial charge in [-0.15, -0.1) is 0 Å². The number of benzene rings is 2. The molecular formula is C19H22N2O4S. The first-order valence-corrected chi connectivity index (χ1v) is 10.1. The lowest BCUT2D eigenvalue weighted by molar-refractivity contribution is -0.385. The van der Waals surface area contributed by atoms with Crippen molar-refractivity contribution in [2.24, 2.45) is 0 Å². The molecule has 1 atom stereocenters. The van der Waals surface area contributed by atoms with Gasteiger partial charge in [0, 0.05) is 25.2 Å². The summed E-state index contributed by atoms with van der Waals surface area (Å²) in [5.74, 6) is 0.132. The van der Waals surface area contributed by atoms with Crippen LogP contribution in [0, 0.1) is 17.0 Å². The maximum absolute atomic E-state index is 13.2. The van der Waals surface area contributed by atoms with E-state index < -0.39 is 14.9 Å². The van der Waals surface area contributed by atoms with Crippen molar-refractivity contribution < 1.29 is 13.3 Å². The molecule has 0 aliphatic carbocycles. The Kier molecular flexibility index (Phi) is 5.38. The Bertz CT molecular complexity index is 897. The van der Waals surface area contributed by atoms with E-state index in [4.69, 9.17) is 0 Å². The van der Waals surface area contributed by atoms with Crippen LogP contribution in [0.2, 0.25) is 0 Å². The Hall–Kier alpha value is -2.25. The average Bonchev–Trinajstić information content (AvgIpc) is 2.89. The van der Waals surface area contributed by atoms with Gasteiger partial charge in [-0.3, -0.25) is 10.1 Å². The monoisotopic (exact) mass is 374 g/mol. The molecule has 1 unspecified atom stereocenters. The molecular weight excluding hydrogens is 352 g/mol. The topological polar surface area (TPSA) is 80.5 Å². The lowest BCUT2D eigenvalue weighted by atomic mass is 9.95. The van der Waals surface area contributed by atoms with Crippen LogP contribution in [-0.2, 0) is 10.0 Å². The molecule has 2 aromatic rings. The van der Waals surface area contributed by atoms with Gasteiger partial charge in [-0.05, 0) is 36.8 Å². The number of hydrogen-bond acceptors (Lipinski definition) is 4. The normalized spacial score (nSPS) is 19.0. The first-order chi connectivity index (χ1) is 12.4. The maximum atomic E-state index is 13.2. The van der Waals surface area contributed by atoms with Crippen molar-refractivity contribution in [2.75, 3.05) is 13.1 Å². The van der Waals surface area contributed by atoms with Gasteiger partial charge >= 0.3 is 0 Å². The summed E-state index contributed by atoms with van der Waals surface area (Å²) in [4.78, 5) is 10.5. The number of aryl methyl sites for hydroxylation is 1. The van der Waals surface area contributed by atoms with Crippen molar-refractivity contribution in [1.82, 2.24) is 4.31 Å². The number of nitro benzene ring substituents is 1. The molecule has 0 saturated carbocycles. The van der Waals surface area contributed by atoms with Crippen LogP contribution in [0.1, 0.15) is 36.3 Å². The highest BCUT2D eigenvalue weighted by molar-refractivity contribution is 7.89. The molecule has 1 saturated heterocycles. The van der Waals surface area contributed by atoms with Crippen LogP contribution in [0.4, 0.5) is 5.69 Å². The second kappa shape index (κ2) is 7.55. The summed E-state index contributed by atoms with van der Waals surface area (Å²) < 4.78 is 27.9. The van der Waals surface area contributed by atoms with E-state index in [9.17, 15) is 18.5 Å². The molecule has 1 heterocycles. The first-order valence-electron chi connectivity index (χ1n) is 8.70. The van der Waals surface area contributed by atoms with Gasteiger partial charge in [0.15, 0.2) is 0 Å². The molecule has 0 bridgehead atoms. The maximum Gasteiger partial charge on any atom is 0.270 e. The van der Waals surface area contributed by atoms with Gasteiger partial charge in [-0.1, -0.05) is 42.8 Å². The highest BCUT2D eigenvalue weighted by atomic mass is 32.2. The van der Waals surface area contributed by atoms with Crippen molar-refractivity contribution in [2.45, 2.75) is 37.0 Å². The van der Waals surface area contributed by atoms with Gasteiger partial charge in [0.1, 0.15) is 0 Å². The molecule has 0 aromatic heterocycles. The summed E-state index contributed by atoms with van der Waals surface area (Å²) in [6.45, 7) is 2.51. The molecule has 3 rings (SSSR count). The summed E-state index contributed by atoms with van der Waals surface area (Å²) in [6.07, 6.45) is 2.68. The average molecular weight is 374 g/mol. The molecule has 1 fully saturated rings. The van der Waals surface area contributed by atoms with Crippen LogP contribution >= 0.6 is 0 Å². The molecule has 1 aliphatic rings. The summed E-state index contributed by atoms with van der Waals surface area (Å²) in [7, 11) is -3.78. The predicted octanol–water partition coefficient (Wildman–Crippen LogP) is 3.86. The molecule has 7 heteroatoms. The van der Waals surface area contributed by atoms with E-state index in [1.165, 1.54) is 22.5 Å². The zero-order valence-electron chi connectivity index (χ0n) is 14.7. The van der Waals surface area contributed by atoms with Crippen LogP contribution < -0.4 is 0 Å². The van der Waals surface area contributed by atoms with Crippen LogP contribution in [-0.4, -0.2) is 30.7 Å². The van der Waals surface area contributed by atoms with Gasteiger partial charge in [0.05, 0.1) is 9.82 Å². The second-order valence-electron chi connectivity index (χ2n) is 6.67. The Morgan fingerprint density at radius 3 is 2.54 bits per heavy atom. The number of nitrogens with zero attached hydrogens (tertiary/aromatic N) is 2. The van der Waals surface area contributed by atoms with Crippen molar-refractivity contribution in [3.63, 3.8) is 0 Å². The third-order valence-corrected chi connectivity index (χ3v) is 6.91. The minimum atomic E-state index is -3.78. The number of nitro groups is 1. The highest BCUT2D eigenvalue weighted by Crippen LogP contribution is 2.31. The number of non-ortho nitro benzene ring substituents is 1. The minimum absolute atomic E-state index is 0.0282. The molecule has 0 N–H and O–H groups in total. The van der Waals surface area contributed by atoms with Crippen molar-refractivity contribution in [1.29, 1.82) is 0 Å². The van der Waals surface area contributed by atoms with Gasteiger partial charge in [-0.2, -0.15) is 4.31 Å². The Balaban J connectivity index is 1.95. The van der Waals surface area contributed by atoms with E-state index in [1.54, 1.807) is 6.92 Å². The van der Waals surface area contributed by atoms with E-state index >= 15 is 0 Å². The summed E-state index contributed by atoms with van der Waals surface area (Å²) >= 11 is 0. The molecule has 0 radical (unpaired) electrons. The SMILES string of the molecule is Cc1ccc([N+](=O)[O-])cc1S(=O)(=O)N1CCCCC(c2ccccc2)C1. The van der Waals surface area contributed by atoms with Crippen LogP contribution in [0.3, 0.4) is 0 Å². The van der Waals surface area contributed by atoms with Gasteiger partial charge in [0.2, 0.25) is 10.0 Å². The molecule has 138 valence electrons. The quantitative estimate of drug-likeness (QED) is 0.601. The zero-order chi connectivity index (χ0) is 18.7. The number of hydrogen-bond donors (Lipinski definition) is 0. The smallest absolute Gasteiger partial charge is 0.258 e. The van der Waals surface area contributed by atoms with Gasteiger partial charge < -0.3 is 0 Å². The van der Waals surface area contributed by atoms with E-state index in [2.05, 4.69) is 0 Å². The van der Waals surface area contributed by atoms with E-state index in [0.29, 0.717) is 18.7 Å². The van der Waals surface area contributed by atoms with Gasteiger partial charge in [0.25, 0.3) is 5.69 Å². The Morgan fingerprint density at radius 2 is 1.85 bits per heavy atom. The summed E-state index contributed by atoms with van der Waals surface area (Å²) in [5, 5.41) is 11.1. The van der Waals surface area contributed by atoms with Crippen molar-refractivity contribution in [3.05, 3.63) is 69.8 Å². The first kappa shape index (κ1) is 18.5. The molecule has 0 spiro atoms. The Labute approximate surface area is 153 Å². The van der Waals surface area contributed by atoms with Crippen LogP contribution in [0.25, 0.3) is 0 Å². The molecule has 0 amide bonds. The minimum Gasteiger partial charge on any atom is -0.258 e. The van der Waals surface area contributed by atoms with E-state index in [0.717, 1.165) is 24.8 Å². The third-order valence-electron chi connectivity index (χ3n) is 4.91. The van der Waals surface area contributed by atoms with Crippen LogP contribution in [0.5, 0.6) is 0 Å². The highest BCUT2D eigenvalue weighted by Gasteiger charge is 2.31. The van der Waals surface area contributed by atoms with E-state index in [1.807, 2.05) is 30.3 Å².